The number of nitrogens with one attached hydrogen (secondary N) is 2. The first-order valence-corrected chi connectivity index (χ1v) is 11.4. The molecule has 166 valence electrons. The van der Waals surface area contributed by atoms with Gasteiger partial charge in [-0.05, 0) is 49.9 Å². The molecule has 0 spiro atoms. The summed E-state index contributed by atoms with van der Waals surface area (Å²) in [6.45, 7) is 2.62. The summed E-state index contributed by atoms with van der Waals surface area (Å²) >= 11 is 1.28. The van der Waals surface area contributed by atoms with Crippen molar-refractivity contribution in [2.75, 3.05) is 38.7 Å². The average Bonchev–Trinajstić information content (AvgIpc) is 3.50. The molecule has 2 fully saturated rings. The van der Waals surface area contributed by atoms with Crippen molar-refractivity contribution >= 4 is 29.0 Å². The van der Waals surface area contributed by atoms with E-state index in [1.54, 1.807) is 31.4 Å². The smallest absolute Gasteiger partial charge is 0.317 e. The van der Waals surface area contributed by atoms with Crippen LogP contribution in [0, 0.1) is 0 Å². The zero-order valence-electron chi connectivity index (χ0n) is 17.5. The Kier molecular flexibility index (Phi) is 6.98. The van der Waals surface area contributed by atoms with Crippen LogP contribution in [0.25, 0.3) is 0 Å². The molecule has 2 atom stereocenters. The third kappa shape index (κ3) is 5.50. The van der Waals surface area contributed by atoms with E-state index in [4.69, 9.17) is 9.47 Å². The van der Waals surface area contributed by atoms with Crippen LogP contribution in [0.4, 0.5) is 10.5 Å². The molecular formula is C21H27N5O4S. The molecule has 2 aliphatic heterocycles. The van der Waals surface area contributed by atoms with Crippen LogP contribution >= 0.6 is 11.3 Å². The van der Waals surface area contributed by atoms with Gasteiger partial charge in [-0.25, -0.2) is 4.79 Å². The molecule has 9 nitrogen and oxygen atoms in total. The van der Waals surface area contributed by atoms with Gasteiger partial charge in [-0.2, -0.15) is 0 Å². The van der Waals surface area contributed by atoms with Crippen LogP contribution in [0.3, 0.4) is 0 Å². The number of piperidine rings is 1. The van der Waals surface area contributed by atoms with Crippen molar-refractivity contribution in [2.45, 2.75) is 37.7 Å². The van der Waals surface area contributed by atoms with Gasteiger partial charge in [0.2, 0.25) is 5.01 Å². The van der Waals surface area contributed by atoms with Crippen LogP contribution in [0.15, 0.2) is 24.3 Å². The molecule has 1 aromatic carbocycles. The number of amides is 3. The minimum atomic E-state index is -0.295. The maximum Gasteiger partial charge on any atom is 0.317 e. The second kappa shape index (κ2) is 10.1. The lowest BCUT2D eigenvalue weighted by Crippen LogP contribution is -2.46. The summed E-state index contributed by atoms with van der Waals surface area (Å²) in [4.78, 5) is 26.9. The highest BCUT2D eigenvalue weighted by Gasteiger charge is 2.28. The highest BCUT2D eigenvalue weighted by Crippen LogP contribution is 2.29. The molecule has 10 heteroatoms. The molecule has 2 saturated heterocycles. The van der Waals surface area contributed by atoms with Gasteiger partial charge >= 0.3 is 6.03 Å². The van der Waals surface area contributed by atoms with E-state index in [1.165, 1.54) is 11.3 Å². The Morgan fingerprint density at radius 3 is 2.81 bits per heavy atom. The van der Waals surface area contributed by atoms with Gasteiger partial charge in [-0.15, -0.1) is 10.2 Å². The summed E-state index contributed by atoms with van der Waals surface area (Å²) in [7, 11) is 1.59. The number of anilines is 1. The highest BCUT2D eigenvalue weighted by molar-refractivity contribution is 7.13. The molecular weight excluding hydrogens is 418 g/mol. The van der Waals surface area contributed by atoms with Gasteiger partial charge in [-0.1, -0.05) is 11.3 Å². The topological polar surface area (TPSA) is 106 Å². The lowest BCUT2D eigenvalue weighted by molar-refractivity contribution is 0.102. The number of aromatic nitrogens is 2. The van der Waals surface area contributed by atoms with Gasteiger partial charge in [0.25, 0.3) is 5.91 Å². The van der Waals surface area contributed by atoms with Gasteiger partial charge in [0.1, 0.15) is 10.8 Å². The monoisotopic (exact) mass is 445 g/mol. The summed E-state index contributed by atoms with van der Waals surface area (Å²) in [6, 6.07) is 7.03. The van der Waals surface area contributed by atoms with E-state index in [1.807, 2.05) is 4.90 Å². The molecule has 31 heavy (non-hydrogen) atoms. The van der Waals surface area contributed by atoms with Crippen LogP contribution in [0.5, 0.6) is 5.75 Å². The first-order valence-electron chi connectivity index (χ1n) is 10.6. The molecule has 2 aliphatic rings. The Hall–Kier alpha value is -2.72. The number of likely N-dealkylation sites (tertiary alicyclic amines) is 1. The van der Waals surface area contributed by atoms with E-state index in [-0.39, 0.29) is 24.0 Å². The maximum absolute atomic E-state index is 12.5. The molecule has 4 rings (SSSR count). The van der Waals surface area contributed by atoms with Crippen LogP contribution < -0.4 is 15.4 Å². The molecule has 0 bridgehead atoms. The van der Waals surface area contributed by atoms with Crippen LogP contribution in [-0.4, -0.2) is 66.5 Å². The summed E-state index contributed by atoms with van der Waals surface area (Å²) in [6.07, 6.45) is 3.99. The molecule has 2 N–H and O–H groups in total. The number of rotatable bonds is 6. The summed E-state index contributed by atoms with van der Waals surface area (Å²) in [5.74, 6) is 0.510. The van der Waals surface area contributed by atoms with Crippen molar-refractivity contribution < 1.29 is 19.1 Å². The van der Waals surface area contributed by atoms with Crippen LogP contribution in [-0.2, 0) is 4.74 Å². The van der Waals surface area contributed by atoms with E-state index in [9.17, 15) is 9.59 Å². The average molecular weight is 446 g/mol. The summed E-state index contributed by atoms with van der Waals surface area (Å²) in [5, 5.41) is 15.2. The van der Waals surface area contributed by atoms with Gasteiger partial charge in [0, 0.05) is 37.8 Å². The highest BCUT2D eigenvalue weighted by atomic mass is 32.1. The quantitative estimate of drug-likeness (QED) is 0.708. The van der Waals surface area contributed by atoms with Gasteiger partial charge in [-0.3, -0.25) is 4.79 Å². The van der Waals surface area contributed by atoms with E-state index in [2.05, 4.69) is 20.8 Å². The fraction of sp³-hybridized carbons (Fsp3) is 0.524. The number of carbonyl (C=O) groups is 2. The largest absolute Gasteiger partial charge is 0.497 e. The minimum Gasteiger partial charge on any atom is -0.497 e. The predicted octanol–water partition coefficient (Wildman–Crippen LogP) is 2.87. The predicted molar refractivity (Wildman–Crippen MR) is 117 cm³/mol. The second-order valence-electron chi connectivity index (χ2n) is 7.73. The Balaban J connectivity index is 1.31. The SMILES string of the molecule is COc1ccc(NC(=O)c2nnc([C@@H]3CCCN(C(=O)NC[C@H]4CCCO4)C3)s2)cc1. The number of ether oxygens (including phenoxy) is 2. The van der Waals surface area contributed by atoms with Gasteiger partial charge in [0.05, 0.1) is 13.2 Å². The second-order valence-corrected chi connectivity index (χ2v) is 8.74. The Morgan fingerprint density at radius 2 is 2.06 bits per heavy atom. The van der Waals surface area contributed by atoms with E-state index >= 15 is 0 Å². The van der Waals surface area contributed by atoms with E-state index in [0.717, 1.165) is 49.6 Å². The van der Waals surface area contributed by atoms with Crippen molar-refractivity contribution in [3.8, 4) is 5.75 Å². The lowest BCUT2D eigenvalue weighted by Gasteiger charge is -2.31. The zero-order valence-corrected chi connectivity index (χ0v) is 18.3. The van der Waals surface area contributed by atoms with E-state index < -0.39 is 0 Å². The number of hydrogen-bond acceptors (Lipinski definition) is 7. The van der Waals surface area contributed by atoms with Crippen molar-refractivity contribution in [2.24, 2.45) is 0 Å². The Bertz CT molecular complexity index is 897. The lowest BCUT2D eigenvalue weighted by atomic mass is 9.99. The maximum atomic E-state index is 12.5. The fourth-order valence-electron chi connectivity index (χ4n) is 3.83. The molecule has 3 amide bonds. The summed E-state index contributed by atoms with van der Waals surface area (Å²) in [5.41, 5.74) is 0.661. The number of urea groups is 1. The molecule has 0 radical (unpaired) electrons. The molecule has 3 heterocycles. The van der Waals surface area contributed by atoms with Crippen molar-refractivity contribution in [3.05, 3.63) is 34.3 Å². The van der Waals surface area contributed by atoms with Crippen molar-refractivity contribution in [3.63, 3.8) is 0 Å². The Labute approximate surface area is 185 Å². The molecule has 0 aliphatic carbocycles. The first-order chi connectivity index (χ1) is 15.1. The third-order valence-electron chi connectivity index (χ3n) is 5.55. The molecule has 2 aromatic rings. The number of hydrogen-bond donors (Lipinski definition) is 2. The summed E-state index contributed by atoms with van der Waals surface area (Å²) < 4.78 is 10.7. The van der Waals surface area contributed by atoms with Crippen molar-refractivity contribution in [1.29, 1.82) is 0 Å². The number of nitrogens with zero attached hydrogens (tertiary/aromatic N) is 3. The van der Waals surface area contributed by atoms with Crippen LogP contribution in [0.2, 0.25) is 0 Å². The first kappa shape index (κ1) is 21.5. The number of benzene rings is 1. The molecule has 1 aromatic heterocycles. The molecule has 0 saturated carbocycles. The van der Waals surface area contributed by atoms with E-state index in [0.29, 0.717) is 23.8 Å². The molecule has 0 unspecified atom stereocenters. The standard InChI is InChI=1S/C21H27N5O4S/c1-29-16-8-6-15(7-9-16)23-18(27)20-25-24-19(31-20)14-4-2-10-26(13-14)21(28)22-12-17-5-3-11-30-17/h6-9,14,17H,2-5,10-13H2,1H3,(H,22,28)(H,23,27)/t14-,17-/m1/s1. The van der Waals surface area contributed by atoms with Crippen LogP contribution in [0.1, 0.15) is 46.4 Å². The van der Waals surface area contributed by atoms with Gasteiger partial charge in [0.15, 0.2) is 0 Å². The third-order valence-corrected chi connectivity index (χ3v) is 6.63. The minimum absolute atomic E-state index is 0.0674. The van der Waals surface area contributed by atoms with Gasteiger partial charge < -0.3 is 25.0 Å². The number of methoxy groups -OCH3 is 1. The number of carbonyl (C=O) groups excluding carboxylic acids is 2. The normalized spacial score (nSPS) is 21.0. The fourth-order valence-corrected chi connectivity index (χ4v) is 4.70. The Morgan fingerprint density at radius 1 is 1.23 bits per heavy atom. The van der Waals surface area contributed by atoms with Crippen molar-refractivity contribution in [1.82, 2.24) is 20.4 Å². The zero-order chi connectivity index (χ0) is 21.6.